The Kier molecular flexibility index (Phi) is 10.9. The molecule has 138 valence electrons. The number of rotatable bonds is 13. The van der Waals surface area contributed by atoms with E-state index in [9.17, 15) is 5.11 Å². The second kappa shape index (κ2) is 12.4. The van der Waals surface area contributed by atoms with E-state index in [2.05, 4.69) is 32.9 Å². The summed E-state index contributed by atoms with van der Waals surface area (Å²) in [5.41, 5.74) is 3.46. The van der Waals surface area contributed by atoms with E-state index in [4.69, 9.17) is 0 Å². The maximum absolute atomic E-state index is 10.4. The van der Waals surface area contributed by atoms with Gasteiger partial charge < -0.3 is 5.11 Å². The van der Waals surface area contributed by atoms with Crippen LogP contribution in [0, 0.1) is 13.8 Å². The second-order valence-corrected chi connectivity index (χ2v) is 7.60. The van der Waals surface area contributed by atoms with Crippen molar-refractivity contribution in [1.29, 1.82) is 0 Å². The lowest BCUT2D eigenvalue weighted by Crippen LogP contribution is -2.00. The Hall–Kier alpha value is -0.980. The zero-order chi connectivity index (χ0) is 17.8. The van der Waals surface area contributed by atoms with Crippen LogP contribution in [-0.2, 0) is 0 Å². The number of unbranched alkanes of at least 4 members (excludes halogenated alkanes) is 9. The summed E-state index contributed by atoms with van der Waals surface area (Å²) in [7, 11) is 0. The number of hydrogen-bond acceptors (Lipinski definition) is 1. The fourth-order valence-corrected chi connectivity index (χ4v) is 3.76. The zero-order valence-corrected chi connectivity index (χ0v) is 16.7. The van der Waals surface area contributed by atoms with Gasteiger partial charge in [-0.2, -0.15) is 0 Å². The molecule has 0 aromatic heterocycles. The van der Waals surface area contributed by atoms with E-state index in [1.54, 1.807) is 0 Å². The van der Waals surface area contributed by atoms with Crippen molar-refractivity contribution < 1.29 is 5.11 Å². The van der Waals surface area contributed by atoms with Crippen LogP contribution in [0.25, 0.3) is 0 Å². The van der Waals surface area contributed by atoms with Gasteiger partial charge in [0.1, 0.15) is 5.75 Å². The fourth-order valence-electron chi connectivity index (χ4n) is 3.76. The third kappa shape index (κ3) is 7.73. The molecule has 0 heterocycles. The Morgan fingerprint density at radius 1 is 0.792 bits per heavy atom. The summed E-state index contributed by atoms with van der Waals surface area (Å²) in [6.07, 6.45) is 16.2. The SMILES string of the molecule is CCCCCCCCCCCCC(CC)c1cc(C)cc(C)c1O. The molecule has 0 bridgehead atoms. The number of phenols is 1. The third-order valence-corrected chi connectivity index (χ3v) is 5.31. The molecule has 0 aliphatic heterocycles. The first kappa shape index (κ1) is 21.1. The Labute approximate surface area is 150 Å². The summed E-state index contributed by atoms with van der Waals surface area (Å²) in [6, 6.07) is 4.26. The number of benzene rings is 1. The minimum absolute atomic E-state index is 0.512. The van der Waals surface area contributed by atoms with E-state index >= 15 is 0 Å². The molecule has 0 aliphatic carbocycles. The minimum atomic E-state index is 0.512. The molecule has 1 unspecified atom stereocenters. The standard InChI is InChI=1S/C23H40O/c1-5-7-8-9-10-11-12-13-14-15-16-21(6-2)22-18-19(3)17-20(4)23(22)24/h17-18,21,24H,5-16H2,1-4H3. The summed E-state index contributed by atoms with van der Waals surface area (Å²) >= 11 is 0. The van der Waals surface area contributed by atoms with Crippen LogP contribution in [0.15, 0.2) is 12.1 Å². The Bertz CT molecular complexity index is 450. The first-order valence-corrected chi connectivity index (χ1v) is 10.4. The van der Waals surface area contributed by atoms with Gasteiger partial charge in [0.2, 0.25) is 0 Å². The molecule has 0 spiro atoms. The van der Waals surface area contributed by atoms with Crippen LogP contribution >= 0.6 is 0 Å². The lowest BCUT2D eigenvalue weighted by Gasteiger charge is -2.19. The van der Waals surface area contributed by atoms with Crippen LogP contribution in [0.4, 0.5) is 0 Å². The van der Waals surface area contributed by atoms with Gasteiger partial charge in [-0.15, -0.1) is 0 Å². The predicted octanol–water partition coefficient (Wildman–Crippen LogP) is 7.81. The van der Waals surface area contributed by atoms with Gasteiger partial charge in [-0.1, -0.05) is 95.8 Å². The summed E-state index contributed by atoms with van der Waals surface area (Å²) in [4.78, 5) is 0. The molecule has 0 fully saturated rings. The summed E-state index contributed by atoms with van der Waals surface area (Å²) in [5.74, 6) is 1.04. The van der Waals surface area contributed by atoms with E-state index in [0.717, 1.165) is 12.0 Å². The van der Waals surface area contributed by atoms with E-state index in [1.807, 2.05) is 6.92 Å². The smallest absolute Gasteiger partial charge is 0.121 e. The minimum Gasteiger partial charge on any atom is -0.507 e. The van der Waals surface area contributed by atoms with Gasteiger partial charge in [-0.05, 0) is 43.7 Å². The average molecular weight is 333 g/mol. The molecule has 0 amide bonds. The molecule has 1 heteroatoms. The van der Waals surface area contributed by atoms with Gasteiger partial charge in [0.05, 0.1) is 0 Å². The van der Waals surface area contributed by atoms with E-state index in [-0.39, 0.29) is 0 Å². The lowest BCUT2D eigenvalue weighted by molar-refractivity contribution is 0.445. The topological polar surface area (TPSA) is 20.2 Å². The lowest BCUT2D eigenvalue weighted by atomic mass is 9.88. The van der Waals surface area contributed by atoms with Gasteiger partial charge >= 0.3 is 0 Å². The summed E-state index contributed by atoms with van der Waals surface area (Å²) in [6.45, 7) is 8.67. The van der Waals surface area contributed by atoms with E-state index in [0.29, 0.717) is 11.7 Å². The molecule has 1 N–H and O–H groups in total. The molecule has 0 saturated carbocycles. The van der Waals surface area contributed by atoms with Crippen LogP contribution in [0.3, 0.4) is 0 Å². The quantitative estimate of drug-likeness (QED) is 0.365. The van der Waals surface area contributed by atoms with Crippen molar-refractivity contribution in [2.45, 2.75) is 111 Å². The predicted molar refractivity (Wildman–Crippen MR) is 107 cm³/mol. The molecule has 24 heavy (non-hydrogen) atoms. The van der Waals surface area contributed by atoms with Crippen molar-refractivity contribution in [2.24, 2.45) is 0 Å². The van der Waals surface area contributed by atoms with Crippen molar-refractivity contribution in [3.63, 3.8) is 0 Å². The molecule has 0 saturated heterocycles. The molecule has 1 aromatic carbocycles. The first-order chi connectivity index (χ1) is 11.6. The highest BCUT2D eigenvalue weighted by Crippen LogP contribution is 2.35. The zero-order valence-electron chi connectivity index (χ0n) is 16.7. The van der Waals surface area contributed by atoms with Gasteiger partial charge in [0, 0.05) is 0 Å². The molecule has 1 aromatic rings. The van der Waals surface area contributed by atoms with Crippen molar-refractivity contribution in [1.82, 2.24) is 0 Å². The first-order valence-electron chi connectivity index (χ1n) is 10.4. The Balaban J connectivity index is 2.23. The third-order valence-electron chi connectivity index (χ3n) is 5.31. The van der Waals surface area contributed by atoms with Gasteiger partial charge in [-0.3, -0.25) is 0 Å². The normalized spacial score (nSPS) is 12.5. The number of phenolic OH excluding ortho intramolecular Hbond substituents is 1. The molecular weight excluding hydrogens is 292 g/mol. The maximum Gasteiger partial charge on any atom is 0.121 e. The summed E-state index contributed by atoms with van der Waals surface area (Å²) < 4.78 is 0. The largest absolute Gasteiger partial charge is 0.507 e. The molecule has 0 radical (unpaired) electrons. The van der Waals surface area contributed by atoms with Crippen molar-refractivity contribution >= 4 is 0 Å². The summed E-state index contributed by atoms with van der Waals surface area (Å²) in [5, 5.41) is 10.4. The van der Waals surface area contributed by atoms with E-state index in [1.165, 1.54) is 81.8 Å². The highest BCUT2D eigenvalue weighted by atomic mass is 16.3. The van der Waals surface area contributed by atoms with Crippen molar-refractivity contribution in [2.75, 3.05) is 0 Å². The maximum atomic E-state index is 10.4. The van der Waals surface area contributed by atoms with Gasteiger partial charge in [-0.25, -0.2) is 0 Å². The van der Waals surface area contributed by atoms with Crippen LogP contribution < -0.4 is 0 Å². The Morgan fingerprint density at radius 3 is 1.88 bits per heavy atom. The van der Waals surface area contributed by atoms with Crippen LogP contribution in [0.5, 0.6) is 5.75 Å². The Morgan fingerprint density at radius 2 is 1.33 bits per heavy atom. The fraction of sp³-hybridized carbons (Fsp3) is 0.739. The molecule has 0 aliphatic rings. The highest BCUT2D eigenvalue weighted by Gasteiger charge is 2.15. The monoisotopic (exact) mass is 332 g/mol. The average Bonchev–Trinajstić information content (AvgIpc) is 2.56. The van der Waals surface area contributed by atoms with Crippen molar-refractivity contribution in [3.05, 3.63) is 28.8 Å². The highest BCUT2D eigenvalue weighted by molar-refractivity contribution is 5.44. The van der Waals surface area contributed by atoms with Gasteiger partial charge in [0.15, 0.2) is 0 Å². The van der Waals surface area contributed by atoms with Crippen molar-refractivity contribution in [3.8, 4) is 5.75 Å². The number of aromatic hydroxyl groups is 1. The number of aryl methyl sites for hydroxylation is 2. The number of hydrogen-bond donors (Lipinski definition) is 1. The van der Waals surface area contributed by atoms with E-state index < -0.39 is 0 Å². The molecule has 1 nitrogen and oxygen atoms in total. The van der Waals surface area contributed by atoms with Crippen LogP contribution in [-0.4, -0.2) is 5.11 Å². The molecule has 1 rings (SSSR count). The van der Waals surface area contributed by atoms with Gasteiger partial charge in [0.25, 0.3) is 0 Å². The molecule has 1 atom stereocenters. The van der Waals surface area contributed by atoms with Crippen LogP contribution in [0.2, 0.25) is 0 Å². The molecular formula is C23H40O. The second-order valence-electron chi connectivity index (χ2n) is 7.60. The van der Waals surface area contributed by atoms with Crippen LogP contribution in [0.1, 0.15) is 114 Å².